The second kappa shape index (κ2) is 6.80. The van der Waals surface area contributed by atoms with E-state index in [1.807, 2.05) is 12.1 Å². The Labute approximate surface area is 147 Å². The van der Waals surface area contributed by atoms with E-state index in [1.54, 1.807) is 23.9 Å². The van der Waals surface area contributed by atoms with Crippen molar-refractivity contribution in [3.05, 3.63) is 48.5 Å². The molecule has 0 saturated heterocycles. The summed E-state index contributed by atoms with van der Waals surface area (Å²) < 4.78 is 67.7. The number of anilines is 1. The number of alkyl halides is 3. The highest BCUT2D eigenvalue weighted by Crippen LogP contribution is 2.36. The molecule has 1 heterocycles. The molecule has 9 heteroatoms. The number of hydrogen-bond donors (Lipinski definition) is 0. The average Bonchev–Trinajstić information content (AvgIpc) is 2.76. The monoisotopic (exact) mass is 389 g/mol. The van der Waals surface area contributed by atoms with Gasteiger partial charge < -0.3 is 4.74 Å². The van der Waals surface area contributed by atoms with E-state index in [9.17, 15) is 21.6 Å². The number of nitrogens with zero attached hydrogens (tertiary/aromatic N) is 1. The van der Waals surface area contributed by atoms with Gasteiger partial charge in [-0.2, -0.15) is 0 Å². The smallest absolute Gasteiger partial charge is 0.406 e. The van der Waals surface area contributed by atoms with Crippen LogP contribution in [0, 0.1) is 0 Å². The minimum atomic E-state index is -4.82. The van der Waals surface area contributed by atoms with Crippen molar-refractivity contribution >= 4 is 27.5 Å². The first-order valence-corrected chi connectivity index (χ1v) is 9.80. The number of thioether (sulfide) groups is 1. The number of hydrogen-bond acceptors (Lipinski definition) is 4. The molecule has 0 radical (unpaired) electrons. The predicted molar refractivity (Wildman–Crippen MR) is 89.4 cm³/mol. The van der Waals surface area contributed by atoms with E-state index in [2.05, 4.69) is 4.74 Å². The lowest BCUT2D eigenvalue weighted by Crippen LogP contribution is -2.31. The van der Waals surface area contributed by atoms with Crippen molar-refractivity contribution in [1.29, 1.82) is 0 Å². The van der Waals surface area contributed by atoms with Crippen LogP contribution in [0.4, 0.5) is 18.9 Å². The first-order chi connectivity index (χ1) is 11.8. The van der Waals surface area contributed by atoms with E-state index in [-0.39, 0.29) is 4.90 Å². The van der Waals surface area contributed by atoms with Crippen molar-refractivity contribution in [1.82, 2.24) is 0 Å². The van der Waals surface area contributed by atoms with Gasteiger partial charge in [-0.1, -0.05) is 12.1 Å². The molecule has 1 aliphatic heterocycles. The molecule has 4 nitrogen and oxygen atoms in total. The topological polar surface area (TPSA) is 46.6 Å². The maximum Gasteiger partial charge on any atom is 0.573 e. The van der Waals surface area contributed by atoms with Crippen molar-refractivity contribution in [2.75, 3.05) is 16.6 Å². The highest BCUT2D eigenvalue weighted by Gasteiger charge is 2.32. The highest BCUT2D eigenvalue weighted by molar-refractivity contribution is 7.99. The molecule has 0 amide bonds. The van der Waals surface area contributed by atoms with Gasteiger partial charge in [0.1, 0.15) is 5.75 Å². The van der Waals surface area contributed by atoms with E-state index >= 15 is 0 Å². The van der Waals surface area contributed by atoms with Gasteiger partial charge in [0.2, 0.25) is 0 Å². The molecule has 0 fully saturated rings. The zero-order valence-electron chi connectivity index (χ0n) is 12.9. The number of rotatable bonds is 3. The molecule has 0 aromatic heterocycles. The number of ether oxygens (including phenoxy) is 1. The van der Waals surface area contributed by atoms with Crippen LogP contribution >= 0.6 is 11.8 Å². The molecule has 0 bridgehead atoms. The van der Waals surface area contributed by atoms with Crippen LogP contribution < -0.4 is 9.04 Å². The van der Waals surface area contributed by atoms with Crippen LogP contribution in [0.1, 0.15) is 6.42 Å². The van der Waals surface area contributed by atoms with Crippen molar-refractivity contribution in [3.8, 4) is 5.75 Å². The molecule has 0 N–H and O–H groups in total. The Kier molecular flexibility index (Phi) is 4.88. The van der Waals surface area contributed by atoms with Crippen molar-refractivity contribution in [2.45, 2.75) is 22.6 Å². The SMILES string of the molecule is O=S(=O)(c1ccc(OC(F)(F)F)cc1)N1CCCSc2ccccc21. The van der Waals surface area contributed by atoms with Gasteiger partial charge in [0.25, 0.3) is 10.0 Å². The summed E-state index contributed by atoms with van der Waals surface area (Å²) in [6.45, 7) is 0.313. The van der Waals surface area contributed by atoms with Crippen molar-refractivity contribution in [2.24, 2.45) is 0 Å². The van der Waals surface area contributed by atoms with Crippen LogP contribution in [0.2, 0.25) is 0 Å². The third-order valence-corrected chi connectivity index (χ3v) is 6.52. The molecule has 1 aliphatic rings. The average molecular weight is 389 g/mol. The van der Waals surface area contributed by atoms with Crippen molar-refractivity contribution < 1.29 is 26.3 Å². The van der Waals surface area contributed by atoms with Gasteiger partial charge in [-0.25, -0.2) is 8.42 Å². The summed E-state index contributed by atoms with van der Waals surface area (Å²) in [6, 6.07) is 11.4. The Bertz CT molecular complexity index is 852. The lowest BCUT2D eigenvalue weighted by Gasteiger charge is -2.24. The normalized spacial score (nSPS) is 15.4. The minimum Gasteiger partial charge on any atom is -0.406 e. The molecule has 0 aliphatic carbocycles. The van der Waals surface area contributed by atoms with E-state index in [4.69, 9.17) is 0 Å². The van der Waals surface area contributed by atoms with Gasteiger partial charge in [0.05, 0.1) is 10.6 Å². The molecule has 134 valence electrons. The third kappa shape index (κ3) is 4.04. The number of sulfonamides is 1. The van der Waals surface area contributed by atoms with Gasteiger partial charge >= 0.3 is 6.36 Å². The van der Waals surface area contributed by atoms with Crippen LogP contribution in [0.25, 0.3) is 0 Å². The lowest BCUT2D eigenvalue weighted by atomic mass is 10.3. The zero-order chi connectivity index (χ0) is 18.1. The summed E-state index contributed by atoms with van der Waals surface area (Å²) in [5.41, 5.74) is 0.584. The van der Waals surface area contributed by atoms with Crippen molar-refractivity contribution in [3.63, 3.8) is 0 Å². The van der Waals surface area contributed by atoms with Gasteiger partial charge in [0.15, 0.2) is 0 Å². The third-order valence-electron chi connectivity index (χ3n) is 3.54. The fourth-order valence-electron chi connectivity index (χ4n) is 2.49. The molecule has 25 heavy (non-hydrogen) atoms. The Hall–Kier alpha value is -1.87. The van der Waals surface area contributed by atoms with Gasteiger partial charge in [-0.3, -0.25) is 4.31 Å². The molecule has 2 aromatic carbocycles. The number of halogens is 3. The fourth-order valence-corrected chi connectivity index (χ4v) is 5.06. The molecule has 2 aromatic rings. The Morgan fingerprint density at radius 1 is 1.04 bits per heavy atom. The quantitative estimate of drug-likeness (QED) is 0.786. The maximum absolute atomic E-state index is 13.0. The molecule has 3 rings (SSSR count). The van der Waals surface area contributed by atoms with E-state index in [1.165, 1.54) is 4.31 Å². The molecule has 0 atom stereocenters. The zero-order valence-corrected chi connectivity index (χ0v) is 14.5. The van der Waals surface area contributed by atoms with Gasteiger partial charge in [-0.05, 0) is 48.6 Å². The second-order valence-corrected chi connectivity index (χ2v) is 8.27. The van der Waals surface area contributed by atoms with Gasteiger partial charge in [-0.15, -0.1) is 24.9 Å². The maximum atomic E-state index is 13.0. The standard InChI is InChI=1S/C16H14F3NO3S2/c17-16(18,19)23-12-6-8-13(9-7-12)25(21,22)20-10-3-11-24-15-5-2-1-4-14(15)20/h1-2,4-9H,3,10-11H2. The Balaban J connectivity index is 1.94. The number of para-hydroxylation sites is 1. The number of fused-ring (bicyclic) bond motifs is 1. The summed E-state index contributed by atoms with van der Waals surface area (Å²) in [5.74, 6) is 0.333. The largest absolute Gasteiger partial charge is 0.573 e. The fraction of sp³-hybridized carbons (Fsp3) is 0.250. The number of benzene rings is 2. The first kappa shape index (κ1) is 17.9. The Morgan fingerprint density at radius 2 is 1.72 bits per heavy atom. The summed E-state index contributed by atoms with van der Waals surface area (Å²) in [6.07, 6.45) is -4.14. The molecule has 0 saturated carbocycles. The van der Waals surface area contributed by atoms with E-state index in [0.717, 1.165) is 34.9 Å². The van der Waals surface area contributed by atoms with Gasteiger partial charge in [0, 0.05) is 11.4 Å². The summed E-state index contributed by atoms with van der Waals surface area (Å²) >= 11 is 1.58. The molecule has 0 spiro atoms. The molecular formula is C16H14F3NO3S2. The lowest BCUT2D eigenvalue weighted by molar-refractivity contribution is -0.274. The molecular weight excluding hydrogens is 375 g/mol. The van der Waals surface area contributed by atoms with Crippen LogP contribution in [0.3, 0.4) is 0 Å². The predicted octanol–water partition coefficient (Wildman–Crippen LogP) is 4.28. The van der Waals surface area contributed by atoms with E-state index < -0.39 is 22.1 Å². The molecule has 0 unspecified atom stereocenters. The van der Waals surface area contributed by atoms with E-state index in [0.29, 0.717) is 18.7 Å². The summed E-state index contributed by atoms with van der Waals surface area (Å²) in [5, 5.41) is 0. The minimum absolute atomic E-state index is 0.0799. The summed E-state index contributed by atoms with van der Waals surface area (Å²) in [7, 11) is -3.88. The van der Waals surface area contributed by atoms with Crippen LogP contribution in [-0.4, -0.2) is 27.1 Å². The highest BCUT2D eigenvalue weighted by atomic mass is 32.2. The Morgan fingerprint density at radius 3 is 2.40 bits per heavy atom. The second-order valence-electron chi connectivity index (χ2n) is 5.27. The first-order valence-electron chi connectivity index (χ1n) is 7.38. The summed E-state index contributed by atoms with van der Waals surface area (Å²) in [4.78, 5) is 0.782. The van der Waals surface area contributed by atoms with Crippen LogP contribution in [0.5, 0.6) is 5.75 Å². The van der Waals surface area contributed by atoms with Crippen LogP contribution in [-0.2, 0) is 10.0 Å². The van der Waals surface area contributed by atoms with Crippen LogP contribution in [0.15, 0.2) is 58.3 Å².